The van der Waals surface area contributed by atoms with E-state index in [1.54, 1.807) is 14.2 Å². The summed E-state index contributed by atoms with van der Waals surface area (Å²) in [6.45, 7) is 5.42. The summed E-state index contributed by atoms with van der Waals surface area (Å²) in [6.07, 6.45) is 7.47. The molecule has 31 heavy (non-hydrogen) atoms. The van der Waals surface area contributed by atoms with E-state index in [2.05, 4.69) is 51.2 Å². The molecule has 0 bridgehead atoms. The van der Waals surface area contributed by atoms with Crippen molar-refractivity contribution in [3.63, 3.8) is 0 Å². The molecule has 1 fully saturated rings. The van der Waals surface area contributed by atoms with Crippen LogP contribution in [0.4, 0.5) is 0 Å². The average molecular weight is 418 g/mol. The second kappa shape index (κ2) is 8.85. The highest BCUT2D eigenvalue weighted by Crippen LogP contribution is 2.34. The van der Waals surface area contributed by atoms with E-state index in [-0.39, 0.29) is 0 Å². The van der Waals surface area contributed by atoms with E-state index in [1.807, 2.05) is 12.4 Å². The summed E-state index contributed by atoms with van der Waals surface area (Å²) < 4.78 is 11.0. The highest BCUT2D eigenvalue weighted by atomic mass is 16.5. The molecule has 3 heterocycles. The Labute approximate surface area is 184 Å². The molecule has 2 aliphatic heterocycles. The summed E-state index contributed by atoms with van der Waals surface area (Å²) in [5.41, 5.74) is 4.18. The Hall–Kier alpha value is -2.63. The zero-order chi connectivity index (χ0) is 21.2. The number of piperidine rings is 1. The lowest BCUT2D eigenvalue weighted by Crippen LogP contribution is -2.49. The molecule has 2 aromatic carbocycles. The number of hydrogen-bond acceptors (Lipinski definition) is 5. The van der Waals surface area contributed by atoms with Crippen molar-refractivity contribution < 1.29 is 9.47 Å². The van der Waals surface area contributed by atoms with Gasteiger partial charge in [0.05, 0.1) is 14.2 Å². The number of ether oxygens (including phenoxy) is 2. The minimum absolute atomic E-state index is 0.603. The fraction of sp³-hybridized carbons (Fsp3) is 0.423. The molecule has 0 radical (unpaired) electrons. The van der Waals surface area contributed by atoms with Crippen LogP contribution in [0.2, 0.25) is 0 Å². The van der Waals surface area contributed by atoms with Gasteiger partial charge in [-0.2, -0.15) is 0 Å². The van der Waals surface area contributed by atoms with Crippen LogP contribution in [0.15, 0.2) is 48.8 Å². The Morgan fingerprint density at radius 3 is 2.71 bits per heavy atom. The molecule has 5 rings (SSSR count). The summed E-state index contributed by atoms with van der Waals surface area (Å²) in [6, 6.07) is 13.7. The first-order chi connectivity index (χ1) is 15.2. The number of nitrogens with zero attached hydrogens (tertiary/aromatic N) is 3. The molecule has 2 aliphatic rings. The number of methoxy groups -OCH3 is 2. The van der Waals surface area contributed by atoms with Crippen LogP contribution in [-0.2, 0) is 19.5 Å². The summed E-state index contributed by atoms with van der Waals surface area (Å²) in [7, 11) is 3.43. The minimum Gasteiger partial charge on any atom is -0.493 e. The molecule has 0 aliphatic carbocycles. The molecule has 3 aromatic rings. The van der Waals surface area contributed by atoms with Gasteiger partial charge in [0.15, 0.2) is 11.5 Å². The standard InChI is InChI=1S/C26H31N3O2/c1-30-25-13-19-9-12-29(17-22(19)14-26(25)31-2)23-7-4-11-28(18-23)16-21-6-3-5-20-15-27-10-8-24(20)21/h3,5-6,8,10,13-15,23H,4,7,9,11-12,16-18H2,1-2H3. The highest BCUT2D eigenvalue weighted by molar-refractivity contribution is 5.84. The Morgan fingerprint density at radius 2 is 1.87 bits per heavy atom. The molecule has 0 N–H and O–H groups in total. The van der Waals surface area contributed by atoms with Crippen molar-refractivity contribution in [3.05, 3.63) is 65.5 Å². The van der Waals surface area contributed by atoms with E-state index < -0.39 is 0 Å². The fourth-order valence-corrected chi connectivity index (χ4v) is 5.26. The summed E-state index contributed by atoms with van der Waals surface area (Å²) in [5.74, 6) is 1.67. The predicted octanol–water partition coefficient (Wildman–Crippen LogP) is 4.27. The lowest BCUT2D eigenvalue weighted by molar-refractivity contribution is 0.0839. The second-order valence-corrected chi connectivity index (χ2v) is 8.74. The topological polar surface area (TPSA) is 37.8 Å². The van der Waals surface area contributed by atoms with Crippen molar-refractivity contribution in [1.82, 2.24) is 14.8 Å². The van der Waals surface area contributed by atoms with E-state index in [9.17, 15) is 0 Å². The Morgan fingerprint density at radius 1 is 1.03 bits per heavy atom. The van der Waals surface area contributed by atoms with E-state index in [0.717, 1.165) is 44.1 Å². The number of pyridine rings is 1. The van der Waals surface area contributed by atoms with Gasteiger partial charge in [-0.05, 0) is 66.1 Å². The van der Waals surface area contributed by atoms with Crippen LogP contribution in [0.3, 0.4) is 0 Å². The third-order valence-electron chi connectivity index (χ3n) is 6.91. The highest BCUT2D eigenvalue weighted by Gasteiger charge is 2.29. The maximum absolute atomic E-state index is 5.55. The van der Waals surface area contributed by atoms with Gasteiger partial charge < -0.3 is 9.47 Å². The Kier molecular flexibility index (Phi) is 5.79. The molecule has 0 amide bonds. The maximum Gasteiger partial charge on any atom is 0.161 e. The number of benzene rings is 2. The lowest BCUT2D eigenvalue weighted by Gasteiger charge is -2.41. The van der Waals surface area contributed by atoms with Gasteiger partial charge in [-0.1, -0.05) is 18.2 Å². The molecule has 5 nitrogen and oxygen atoms in total. The van der Waals surface area contributed by atoms with Crippen LogP contribution in [-0.4, -0.2) is 54.7 Å². The predicted molar refractivity (Wildman–Crippen MR) is 124 cm³/mol. The van der Waals surface area contributed by atoms with Crippen LogP contribution in [0.5, 0.6) is 11.5 Å². The van der Waals surface area contributed by atoms with Crippen molar-refractivity contribution in [2.24, 2.45) is 0 Å². The first-order valence-electron chi connectivity index (χ1n) is 11.3. The molecule has 0 spiro atoms. The van der Waals surface area contributed by atoms with E-state index >= 15 is 0 Å². The monoisotopic (exact) mass is 417 g/mol. The van der Waals surface area contributed by atoms with E-state index in [4.69, 9.17) is 9.47 Å². The number of aromatic nitrogens is 1. The van der Waals surface area contributed by atoms with Crippen LogP contribution in [0, 0.1) is 0 Å². The largest absolute Gasteiger partial charge is 0.493 e. The normalized spacial score (nSPS) is 19.9. The first kappa shape index (κ1) is 20.3. The third-order valence-corrected chi connectivity index (χ3v) is 6.91. The van der Waals surface area contributed by atoms with Crippen LogP contribution in [0.25, 0.3) is 10.8 Å². The lowest BCUT2D eigenvalue weighted by atomic mass is 9.95. The minimum atomic E-state index is 0.603. The molecule has 1 aromatic heterocycles. The number of fused-ring (bicyclic) bond motifs is 2. The molecule has 0 saturated carbocycles. The molecule has 1 saturated heterocycles. The van der Waals surface area contributed by atoms with Gasteiger partial charge in [-0.3, -0.25) is 14.8 Å². The van der Waals surface area contributed by atoms with Gasteiger partial charge >= 0.3 is 0 Å². The SMILES string of the molecule is COc1cc2c(cc1OC)CN(C1CCCN(Cc3cccc4cnccc34)C1)CC2. The zero-order valence-corrected chi connectivity index (χ0v) is 18.5. The van der Waals surface area contributed by atoms with E-state index in [0.29, 0.717) is 6.04 Å². The third kappa shape index (κ3) is 4.12. The van der Waals surface area contributed by atoms with Crippen molar-refractivity contribution in [2.75, 3.05) is 33.9 Å². The van der Waals surface area contributed by atoms with Crippen molar-refractivity contribution in [2.45, 2.75) is 38.4 Å². The number of hydrogen-bond donors (Lipinski definition) is 0. The maximum atomic E-state index is 5.55. The Bertz CT molecular complexity index is 1060. The van der Waals surface area contributed by atoms with E-state index in [1.165, 1.54) is 46.8 Å². The van der Waals surface area contributed by atoms with Gasteiger partial charge in [0.25, 0.3) is 0 Å². The summed E-state index contributed by atoms with van der Waals surface area (Å²) >= 11 is 0. The smallest absolute Gasteiger partial charge is 0.161 e. The first-order valence-corrected chi connectivity index (χ1v) is 11.3. The molecular formula is C26H31N3O2. The van der Waals surface area contributed by atoms with Gasteiger partial charge in [0.1, 0.15) is 0 Å². The second-order valence-electron chi connectivity index (χ2n) is 8.74. The average Bonchev–Trinajstić information content (AvgIpc) is 2.83. The summed E-state index contributed by atoms with van der Waals surface area (Å²) in [5, 5.41) is 2.55. The van der Waals surface area contributed by atoms with Crippen molar-refractivity contribution in [1.29, 1.82) is 0 Å². The molecular weight excluding hydrogens is 386 g/mol. The van der Waals surface area contributed by atoms with Crippen LogP contribution >= 0.6 is 0 Å². The van der Waals surface area contributed by atoms with Gasteiger partial charge in [-0.25, -0.2) is 0 Å². The summed E-state index contributed by atoms with van der Waals surface area (Å²) in [4.78, 5) is 9.59. The molecule has 1 atom stereocenters. The van der Waals surface area contributed by atoms with Crippen molar-refractivity contribution in [3.8, 4) is 11.5 Å². The number of likely N-dealkylation sites (tertiary alicyclic amines) is 1. The van der Waals surface area contributed by atoms with Crippen LogP contribution in [0.1, 0.15) is 29.5 Å². The molecule has 162 valence electrons. The zero-order valence-electron chi connectivity index (χ0n) is 18.5. The molecule has 1 unspecified atom stereocenters. The van der Waals surface area contributed by atoms with Gasteiger partial charge in [0.2, 0.25) is 0 Å². The van der Waals surface area contributed by atoms with Gasteiger partial charge in [-0.15, -0.1) is 0 Å². The van der Waals surface area contributed by atoms with Gasteiger partial charge in [0, 0.05) is 50.0 Å². The Balaban J connectivity index is 1.30. The quantitative estimate of drug-likeness (QED) is 0.620. The molecule has 5 heteroatoms. The van der Waals surface area contributed by atoms with Crippen molar-refractivity contribution >= 4 is 10.8 Å². The van der Waals surface area contributed by atoms with Crippen LogP contribution < -0.4 is 9.47 Å². The fourth-order valence-electron chi connectivity index (χ4n) is 5.26. The number of rotatable bonds is 5.